The summed E-state index contributed by atoms with van der Waals surface area (Å²) in [6.07, 6.45) is 0.318. The quantitative estimate of drug-likeness (QED) is 0.736. The van der Waals surface area contributed by atoms with E-state index in [0.717, 1.165) is 0 Å². The van der Waals surface area contributed by atoms with E-state index in [4.69, 9.17) is 5.11 Å². The van der Waals surface area contributed by atoms with E-state index in [-0.39, 0.29) is 5.56 Å². The van der Waals surface area contributed by atoms with Gasteiger partial charge in [0.2, 0.25) is 0 Å². The van der Waals surface area contributed by atoms with E-state index in [1.54, 1.807) is 20.9 Å². The highest BCUT2D eigenvalue weighted by molar-refractivity contribution is 5.73. The lowest BCUT2D eigenvalue weighted by molar-refractivity contribution is -0.146. The molecule has 0 radical (unpaired) electrons. The van der Waals surface area contributed by atoms with Gasteiger partial charge in [0.05, 0.1) is 5.41 Å². The molecule has 0 saturated heterocycles. The number of hydrogen-bond donors (Lipinski definition) is 2. The number of nitrogens with one attached hydrogen (secondary N) is 1. The molecule has 0 atom stereocenters. The lowest BCUT2D eigenvalue weighted by atomic mass is 9.88. The zero-order valence-electron chi connectivity index (χ0n) is 8.50. The number of hydrogen-bond acceptors (Lipinski definition) is 2. The van der Waals surface area contributed by atoms with E-state index >= 15 is 0 Å². The third-order valence-corrected chi connectivity index (χ3v) is 2.15. The fourth-order valence-electron chi connectivity index (χ4n) is 1.19. The van der Waals surface area contributed by atoms with E-state index in [2.05, 4.69) is 5.10 Å². The number of aliphatic carboxylic acids is 1. The monoisotopic (exact) mass is 198 g/mol. The van der Waals surface area contributed by atoms with Crippen LogP contribution in [0.2, 0.25) is 0 Å². The minimum absolute atomic E-state index is 0.152. The van der Waals surface area contributed by atoms with Gasteiger partial charge in [-0.3, -0.25) is 19.4 Å². The Labute approximate surface area is 81.3 Å². The van der Waals surface area contributed by atoms with Gasteiger partial charge >= 0.3 is 5.97 Å². The van der Waals surface area contributed by atoms with Gasteiger partial charge in [-0.05, 0) is 13.8 Å². The van der Waals surface area contributed by atoms with Gasteiger partial charge in [0.1, 0.15) is 0 Å². The summed E-state index contributed by atoms with van der Waals surface area (Å²) >= 11 is 0. The molecular weight excluding hydrogens is 184 g/mol. The highest BCUT2D eigenvalue weighted by atomic mass is 16.4. The first-order valence-electron chi connectivity index (χ1n) is 4.31. The summed E-state index contributed by atoms with van der Waals surface area (Å²) in [5.74, 6) is -0.873. The highest BCUT2D eigenvalue weighted by Crippen LogP contribution is 2.20. The Bertz CT molecular complexity index is 400. The largest absolute Gasteiger partial charge is 0.481 e. The van der Waals surface area contributed by atoms with Crippen molar-refractivity contribution in [3.05, 3.63) is 22.1 Å². The summed E-state index contributed by atoms with van der Waals surface area (Å²) in [7, 11) is 1.60. The minimum Gasteiger partial charge on any atom is -0.481 e. The van der Waals surface area contributed by atoms with Gasteiger partial charge in [-0.25, -0.2) is 0 Å². The van der Waals surface area contributed by atoms with E-state index in [1.807, 2.05) is 0 Å². The number of aromatic amines is 1. The van der Waals surface area contributed by atoms with Crippen molar-refractivity contribution in [2.45, 2.75) is 20.3 Å². The molecule has 1 aromatic rings. The van der Waals surface area contributed by atoms with Gasteiger partial charge in [-0.2, -0.15) is 0 Å². The maximum Gasteiger partial charge on any atom is 0.309 e. The molecule has 5 nitrogen and oxygen atoms in total. The van der Waals surface area contributed by atoms with Crippen LogP contribution in [0.15, 0.2) is 10.9 Å². The van der Waals surface area contributed by atoms with Crippen LogP contribution in [0.3, 0.4) is 0 Å². The molecule has 1 aromatic heterocycles. The third-order valence-electron chi connectivity index (χ3n) is 2.15. The first-order chi connectivity index (χ1) is 6.33. The van der Waals surface area contributed by atoms with E-state index < -0.39 is 11.4 Å². The summed E-state index contributed by atoms with van der Waals surface area (Å²) in [5, 5.41) is 11.7. The first-order valence-corrected chi connectivity index (χ1v) is 4.31. The number of carboxylic acids is 1. The number of carbonyl (C=O) groups is 1. The molecule has 0 saturated carbocycles. The van der Waals surface area contributed by atoms with Gasteiger partial charge in [-0.15, -0.1) is 0 Å². The van der Waals surface area contributed by atoms with Crippen molar-refractivity contribution in [1.82, 2.24) is 9.78 Å². The number of rotatable bonds is 3. The number of aryl methyl sites for hydroxylation is 1. The summed E-state index contributed by atoms with van der Waals surface area (Å²) < 4.78 is 1.33. The number of carboxylic acid groups (broad SMARTS) is 1. The molecule has 0 unspecified atom stereocenters. The third kappa shape index (κ3) is 2.04. The number of aromatic nitrogens is 2. The molecule has 0 aliphatic heterocycles. The van der Waals surface area contributed by atoms with Gasteiger partial charge in [0, 0.05) is 25.2 Å². The fourth-order valence-corrected chi connectivity index (χ4v) is 1.19. The maximum absolute atomic E-state index is 11.1. The molecule has 1 heterocycles. The molecule has 0 aliphatic carbocycles. The Balaban J connectivity index is 2.89. The second-order valence-electron chi connectivity index (χ2n) is 4.04. The zero-order valence-corrected chi connectivity index (χ0v) is 8.50. The van der Waals surface area contributed by atoms with Crippen LogP contribution in [0.4, 0.5) is 0 Å². The molecule has 14 heavy (non-hydrogen) atoms. The van der Waals surface area contributed by atoms with Crippen molar-refractivity contribution in [1.29, 1.82) is 0 Å². The molecule has 5 heteroatoms. The fraction of sp³-hybridized carbons (Fsp3) is 0.556. The lowest BCUT2D eigenvalue weighted by Gasteiger charge is -2.17. The van der Waals surface area contributed by atoms with Crippen molar-refractivity contribution in [2.24, 2.45) is 12.5 Å². The number of H-pyrrole nitrogens is 1. The second-order valence-corrected chi connectivity index (χ2v) is 4.04. The summed E-state index contributed by atoms with van der Waals surface area (Å²) in [6, 6.07) is 1.42. The average molecular weight is 198 g/mol. The van der Waals surface area contributed by atoms with Crippen LogP contribution in [0.5, 0.6) is 0 Å². The van der Waals surface area contributed by atoms with Crippen LogP contribution < -0.4 is 5.56 Å². The van der Waals surface area contributed by atoms with Crippen LogP contribution in [0, 0.1) is 5.41 Å². The van der Waals surface area contributed by atoms with Crippen molar-refractivity contribution in [3.63, 3.8) is 0 Å². The molecule has 0 aliphatic rings. The van der Waals surface area contributed by atoms with Crippen molar-refractivity contribution in [2.75, 3.05) is 0 Å². The minimum atomic E-state index is -0.873. The van der Waals surface area contributed by atoms with E-state index in [1.165, 1.54) is 10.7 Å². The van der Waals surface area contributed by atoms with Crippen LogP contribution in [-0.2, 0) is 18.3 Å². The molecule has 2 N–H and O–H groups in total. The normalized spacial score (nSPS) is 11.6. The molecular formula is C9H14N2O3. The Morgan fingerprint density at radius 2 is 2.21 bits per heavy atom. The Morgan fingerprint density at radius 1 is 1.64 bits per heavy atom. The SMILES string of the molecule is Cn1[nH]c(CC(C)(C)C(=O)O)cc1=O. The molecule has 0 bridgehead atoms. The van der Waals surface area contributed by atoms with Crippen molar-refractivity contribution in [3.8, 4) is 0 Å². The van der Waals surface area contributed by atoms with Gasteiger partial charge in [0.25, 0.3) is 5.56 Å². The lowest BCUT2D eigenvalue weighted by Crippen LogP contribution is -2.26. The first kappa shape index (κ1) is 10.6. The topological polar surface area (TPSA) is 75.1 Å². The Hall–Kier alpha value is -1.52. The average Bonchev–Trinajstić information content (AvgIpc) is 2.29. The molecule has 78 valence electrons. The van der Waals surface area contributed by atoms with E-state index in [0.29, 0.717) is 12.1 Å². The van der Waals surface area contributed by atoms with Crippen LogP contribution in [-0.4, -0.2) is 20.9 Å². The molecule has 0 spiro atoms. The maximum atomic E-state index is 11.1. The van der Waals surface area contributed by atoms with Crippen molar-refractivity contribution >= 4 is 5.97 Å². The second kappa shape index (κ2) is 3.32. The van der Waals surface area contributed by atoms with Crippen molar-refractivity contribution < 1.29 is 9.90 Å². The molecule has 1 rings (SSSR count). The van der Waals surface area contributed by atoms with Gasteiger partial charge in [-0.1, -0.05) is 0 Å². The van der Waals surface area contributed by atoms with E-state index in [9.17, 15) is 9.59 Å². The molecule has 0 amide bonds. The Morgan fingerprint density at radius 3 is 2.57 bits per heavy atom. The molecule has 0 fully saturated rings. The predicted octanol–water partition coefficient (Wildman–Crippen LogP) is 0.367. The Kier molecular flexibility index (Phi) is 2.51. The number of nitrogens with zero attached hydrogens (tertiary/aromatic N) is 1. The summed E-state index contributed by atoms with van der Waals surface area (Å²) in [5.41, 5.74) is -0.365. The molecule has 0 aromatic carbocycles. The highest BCUT2D eigenvalue weighted by Gasteiger charge is 2.28. The zero-order chi connectivity index (χ0) is 10.9. The smallest absolute Gasteiger partial charge is 0.309 e. The van der Waals surface area contributed by atoms with Crippen LogP contribution in [0.1, 0.15) is 19.5 Å². The van der Waals surface area contributed by atoms with Crippen LogP contribution in [0.25, 0.3) is 0 Å². The predicted molar refractivity (Wildman–Crippen MR) is 51.2 cm³/mol. The van der Waals surface area contributed by atoms with Gasteiger partial charge in [0.15, 0.2) is 0 Å². The van der Waals surface area contributed by atoms with Crippen LogP contribution >= 0.6 is 0 Å². The standard InChI is InChI=1S/C9H14N2O3/c1-9(2,8(13)14)5-6-4-7(12)11(3)10-6/h4,10H,5H2,1-3H3,(H,13,14). The van der Waals surface area contributed by atoms with Gasteiger partial charge < -0.3 is 5.11 Å². The summed E-state index contributed by atoms with van der Waals surface area (Å²) in [6.45, 7) is 3.25. The summed E-state index contributed by atoms with van der Waals surface area (Å²) in [4.78, 5) is 21.9.